The number of benzene rings is 9. The van der Waals surface area contributed by atoms with Gasteiger partial charge in [0.1, 0.15) is 11.6 Å². The molecule has 0 bridgehead atoms. The molecule has 0 aromatic heterocycles. The highest BCUT2D eigenvalue weighted by atomic mass is 31.2. The molecular weight excluding hydrogens is 758 g/mol. The predicted molar refractivity (Wildman–Crippen MR) is 238 cm³/mol. The van der Waals surface area contributed by atoms with Gasteiger partial charge in [-0.3, -0.25) is 0 Å². The molecule has 282 valence electrons. The topological polar surface area (TPSA) is 17.1 Å². The summed E-state index contributed by atoms with van der Waals surface area (Å²) in [5, 5.41) is 2.00. The first-order valence-electron chi connectivity index (χ1n) is 20.4. The standard InChI is InChI=1S/C56H33F2OP/c57-34-22-26-51-43(30-34)45-32-37(24-28-53(45)55(51)47-18-8-4-14-39(47)40-15-5-9-19-48(40)55)60(59,36-12-2-1-3-13-36)38-25-29-54-46(33-38)44-31-35(58)23-27-52(44)56(54)49-20-10-6-16-41(49)42-17-7-11-21-50(42)56/h1-33H. The lowest BCUT2D eigenvalue weighted by Gasteiger charge is -2.31. The van der Waals surface area contributed by atoms with E-state index in [9.17, 15) is 0 Å². The molecule has 0 saturated heterocycles. The van der Waals surface area contributed by atoms with E-state index in [2.05, 4.69) is 121 Å². The Morgan fingerprint density at radius 1 is 0.283 bits per heavy atom. The lowest BCUT2D eigenvalue weighted by atomic mass is 9.70. The number of rotatable bonds is 3. The Labute approximate surface area is 346 Å². The molecule has 0 fully saturated rings. The van der Waals surface area contributed by atoms with Crippen molar-refractivity contribution in [3.8, 4) is 44.5 Å². The van der Waals surface area contributed by atoms with Crippen molar-refractivity contribution in [3.63, 3.8) is 0 Å². The van der Waals surface area contributed by atoms with Gasteiger partial charge in [-0.2, -0.15) is 0 Å². The van der Waals surface area contributed by atoms with Gasteiger partial charge < -0.3 is 4.57 Å². The Bertz CT molecular complexity index is 3110. The Balaban J connectivity index is 1.07. The highest BCUT2D eigenvalue weighted by Gasteiger charge is 2.54. The Morgan fingerprint density at radius 3 is 0.967 bits per heavy atom. The van der Waals surface area contributed by atoms with E-state index in [1.807, 2.05) is 54.6 Å². The highest BCUT2D eigenvalue weighted by Crippen LogP contribution is 2.65. The average Bonchev–Trinajstić information content (AvgIpc) is 3.97. The zero-order chi connectivity index (χ0) is 40.0. The summed E-state index contributed by atoms with van der Waals surface area (Å²) in [6.45, 7) is 0. The van der Waals surface area contributed by atoms with Gasteiger partial charge in [0.05, 0.1) is 10.8 Å². The maximum absolute atomic E-state index is 16.6. The van der Waals surface area contributed by atoms with Crippen molar-refractivity contribution in [1.82, 2.24) is 0 Å². The van der Waals surface area contributed by atoms with Crippen molar-refractivity contribution in [2.45, 2.75) is 10.8 Å². The fourth-order valence-electron chi connectivity index (χ4n) is 11.7. The molecule has 60 heavy (non-hydrogen) atoms. The van der Waals surface area contributed by atoms with Crippen LogP contribution in [-0.4, -0.2) is 0 Å². The molecule has 4 aliphatic rings. The van der Waals surface area contributed by atoms with E-state index in [4.69, 9.17) is 0 Å². The molecule has 9 aromatic rings. The van der Waals surface area contributed by atoms with Gasteiger partial charge in [0.2, 0.25) is 0 Å². The summed E-state index contributed by atoms with van der Waals surface area (Å²) in [6.07, 6.45) is 0. The van der Waals surface area contributed by atoms with Crippen LogP contribution in [0, 0.1) is 11.6 Å². The van der Waals surface area contributed by atoms with Crippen LogP contribution in [0.1, 0.15) is 44.5 Å². The third-order valence-electron chi connectivity index (χ3n) is 13.9. The summed E-state index contributed by atoms with van der Waals surface area (Å²) < 4.78 is 47.6. The van der Waals surface area contributed by atoms with Crippen molar-refractivity contribution in [2.24, 2.45) is 0 Å². The quantitative estimate of drug-likeness (QED) is 0.163. The Kier molecular flexibility index (Phi) is 6.71. The van der Waals surface area contributed by atoms with Crippen LogP contribution >= 0.6 is 7.14 Å². The summed E-state index contributed by atoms with van der Waals surface area (Å²) >= 11 is 0. The summed E-state index contributed by atoms with van der Waals surface area (Å²) in [5.41, 5.74) is 15.4. The third kappa shape index (κ3) is 3.99. The van der Waals surface area contributed by atoms with Crippen LogP contribution in [0.15, 0.2) is 200 Å². The van der Waals surface area contributed by atoms with Crippen LogP contribution in [-0.2, 0) is 15.4 Å². The van der Waals surface area contributed by atoms with Crippen molar-refractivity contribution < 1.29 is 13.3 Å². The van der Waals surface area contributed by atoms with Crippen LogP contribution in [0.4, 0.5) is 8.78 Å². The van der Waals surface area contributed by atoms with Crippen molar-refractivity contribution in [1.29, 1.82) is 0 Å². The Morgan fingerprint density at radius 2 is 0.583 bits per heavy atom. The fraction of sp³-hybridized carbons (Fsp3) is 0.0357. The molecule has 13 rings (SSSR count). The molecular formula is C56H33F2OP. The number of hydrogen-bond acceptors (Lipinski definition) is 1. The molecule has 1 nitrogen and oxygen atoms in total. The molecule has 0 amide bonds. The molecule has 0 saturated carbocycles. The molecule has 0 atom stereocenters. The Hall–Kier alpha value is -6.93. The molecule has 4 aliphatic carbocycles. The van der Waals surface area contributed by atoms with Crippen LogP contribution in [0.5, 0.6) is 0 Å². The van der Waals surface area contributed by atoms with E-state index in [1.165, 1.54) is 0 Å². The lowest BCUT2D eigenvalue weighted by molar-refractivity contribution is 0.592. The smallest absolute Gasteiger partial charge is 0.171 e. The van der Waals surface area contributed by atoms with Crippen molar-refractivity contribution >= 4 is 23.1 Å². The average molecular weight is 791 g/mol. The van der Waals surface area contributed by atoms with Crippen molar-refractivity contribution in [2.75, 3.05) is 0 Å². The minimum atomic E-state index is -3.63. The van der Waals surface area contributed by atoms with Crippen LogP contribution in [0.25, 0.3) is 44.5 Å². The summed E-state index contributed by atoms with van der Waals surface area (Å²) in [6, 6.07) is 66.5. The van der Waals surface area contributed by atoms with Gasteiger partial charge in [-0.25, -0.2) is 8.78 Å². The van der Waals surface area contributed by atoms with Crippen molar-refractivity contribution in [3.05, 3.63) is 256 Å². The monoisotopic (exact) mass is 790 g/mol. The summed E-state index contributed by atoms with van der Waals surface area (Å²) in [5.74, 6) is -0.636. The third-order valence-corrected chi connectivity index (χ3v) is 17.0. The lowest BCUT2D eigenvalue weighted by Crippen LogP contribution is -2.28. The minimum absolute atomic E-state index is 0.318. The van der Waals surface area contributed by atoms with Crippen LogP contribution < -0.4 is 15.9 Å². The maximum atomic E-state index is 16.6. The van der Waals surface area contributed by atoms with Gasteiger partial charge >= 0.3 is 0 Å². The van der Waals surface area contributed by atoms with Gasteiger partial charge in [0.25, 0.3) is 0 Å². The molecule has 4 heteroatoms. The van der Waals surface area contributed by atoms with Gasteiger partial charge in [-0.05, 0) is 125 Å². The van der Waals surface area contributed by atoms with E-state index < -0.39 is 18.0 Å². The second kappa shape index (κ2) is 11.8. The summed E-state index contributed by atoms with van der Waals surface area (Å²) in [7, 11) is -3.63. The summed E-state index contributed by atoms with van der Waals surface area (Å²) in [4.78, 5) is 0. The molecule has 0 unspecified atom stereocenters. The number of halogens is 2. The molecule has 0 radical (unpaired) electrons. The van der Waals surface area contributed by atoms with Crippen LogP contribution in [0.3, 0.4) is 0 Å². The van der Waals surface area contributed by atoms with E-state index in [0.717, 1.165) is 89.0 Å². The molecule has 0 aliphatic heterocycles. The largest absolute Gasteiger partial charge is 0.309 e. The normalized spacial score (nSPS) is 14.8. The SMILES string of the molecule is O=P(c1ccccc1)(c1ccc2c(c1)-c1cc(F)ccc1C21c2ccccc2-c2ccccc21)c1ccc2c(c1)-c1cc(F)ccc1C21c2ccccc2-c2ccccc21. The second-order valence-corrected chi connectivity index (χ2v) is 19.2. The van der Waals surface area contributed by atoms with E-state index in [-0.39, 0.29) is 11.6 Å². The second-order valence-electron chi connectivity index (χ2n) is 16.5. The van der Waals surface area contributed by atoms with E-state index in [0.29, 0.717) is 15.9 Å². The molecule has 0 N–H and O–H groups in total. The highest BCUT2D eigenvalue weighted by molar-refractivity contribution is 7.85. The number of hydrogen-bond donors (Lipinski definition) is 0. The first-order valence-corrected chi connectivity index (χ1v) is 22.1. The minimum Gasteiger partial charge on any atom is -0.309 e. The first-order chi connectivity index (χ1) is 29.4. The van der Waals surface area contributed by atoms with Gasteiger partial charge in [-0.1, -0.05) is 164 Å². The molecule has 0 heterocycles. The van der Waals surface area contributed by atoms with Crippen LogP contribution in [0.2, 0.25) is 0 Å². The molecule has 2 spiro atoms. The van der Waals surface area contributed by atoms with Gasteiger partial charge in [-0.15, -0.1) is 0 Å². The van der Waals surface area contributed by atoms with E-state index >= 15 is 13.3 Å². The van der Waals surface area contributed by atoms with Gasteiger partial charge in [0.15, 0.2) is 7.14 Å². The van der Waals surface area contributed by atoms with Gasteiger partial charge in [0, 0.05) is 15.9 Å². The zero-order valence-corrected chi connectivity index (χ0v) is 33.1. The predicted octanol–water partition coefficient (Wildman–Crippen LogP) is 12.3. The fourth-order valence-corrected chi connectivity index (χ4v) is 14.4. The zero-order valence-electron chi connectivity index (χ0n) is 32.2. The first kappa shape index (κ1) is 34.0. The van der Waals surface area contributed by atoms with E-state index in [1.54, 1.807) is 24.3 Å². The molecule has 9 aromatic carbocycles. The maximum Gasteiger partial charge on any atom is 0.171 e. The number of fused-ring (bicyclic) bond motifs is 20.